The number of benzene rings is 2. The van der Waals surface area contributed by atoms with E-state index in [2.05, 4.69) is 22.1 Å². The first-order chi connectivity index (χ1) is 15.7. The molecule has 0 aliphatic carbocycles. The summed E-state index contributed by atoms with van der Waals surface area (Å²) in [5, 5.41) is 5.47. The standard InChI is InChI=1S/C21H15ClN2O2.C4H4N2/c1-13-21(15-7-8-19-20(9-15)26-12-25-19)18-11-16(22)10-17(24(18)23-13)14-5-3-2-4-6-14;1-2-5-4-6-3-1/h2-11H,12H2,1H3;1-4H. The van der Waals surface area contributed by atoms with Crippen LogP contribution in [0.2, 0.25) is 5.02 Å². The molecule has 158 valence electrons. The van der Waals surface area contributed by atoms with Crippen molar-refractivity contribution in [2.24, 2.45) is 0 Å². The van der Waals surface area contributed by atoms with Crippen LogP contribution in [0.3, 0.4) is 0 Å². The van der Waals surface area contributed by atoms with Crippen molar-refractivity contribution in [1.29, 1.82) is 0 Å². The lowest BCUT2D eigenvalue weighted by Gasteiger charge is -2.08. The molecule has 32 heavy (non-hydrogen) atoms. The lowest BCUT2D eigenvalue weighted by Crippen LogP contribution is -1.94. The van der Waals surface area contributed by atoms with Gasteiger partial charge in [-0.2, -0.15) is 5.10 Å². The Labute approximate surface area is 190 Å². The predicted octanol–water partition coefficient (Wildman–Crippen LogP) is 5.84. The molecule has 0 amide bonds. The SMILES string of the molecule is Cc1nn2c(-c3ccccc3)cc(Cl)cc2c1-c1ccc2c(c1)OCO2.c1cncnc1. The highest BCUT2D eigenvalue weighted by Gasteiger charge is 2.19. The summed E-state index contributed by atoms with van der Waals surface area (Å²) in [4.78, 5) is 7.35. The van der Waals surface area contributed by atoms with Gasteiger partial charge in [-0.3, -0.25) is 0 Å². The fourth-order valence-electron chi connectivity index (χ4n) is 3.70. The Morgan fingerprint density at radius 2 is 1.62 bits per heavy atom. The summed E-state index contributed by atoms with van der Waals surface area (Å²) in [6.45, 7) is 2.27. The number of aromatic nitrogens is 4. The molecule has 6 rings (SSSR count). The first-order valence-corrected chi connectivity index (χ1v) is 10.4. The molecule has 0 spiro atoms. The summed E-state index contributed by atoms with van der Waals surface area (Å²) >= 11 is 6.45. The van der Waals surface area contributed by atoms with E-state index in [0.29, 0.717) is 5.02 Å². The summed E-state index contributed by atoms with van der Waals surface area (Å²) in [5.41, 5.74) is 6.00. The van der Waals surface area contributed by atoms with Gasteiger partial charge in [0.15, 0.2) is 11.5 Å². The van der Waals surface area contributed by atoms with Crippen LogP contribution in [-0.2, 0) is 0 Å². The van der Waals surface area contributed by atoms with Crippen molar-refractivity contribution in [2.75, 3.05) is 6.79 Å². The quantitative estimate of drug-likeness (QED) is 0.344. The van der Waals surface area contributed by atoms with E-state index in [4.69, 9.17) is 26.2 Å². The first kappa shape index (κ1) is 20.0. The summed E-state index contributed by atoms with van der Waals surface area (Å²) < 4.78 is 12.9. The molecule has 7 heteroatoms. The Balaban J connectivity index is 0.000000314. The van der Waals surface area contributed by atoms with E-state index in [1.165, 1.54) is 6.33 Å². The van der Waals surface area contributed by atoms with Crippen LogP contribution in [0.25, 0.3) is 27.9 Å². The van der Waals surface area contributed by atoms with E-state index in [-0.39, 0.29) is 6.79 Å². The van der Waals surface area contributed by atoms with Gasteiger partial charge in [0, 0.05) is 28.5 Å². The van der Waals surface area contributed by atoms with Crippen molar-refractivity contribution >= 4 is 17.1 Å². The fraction of sp³-hybridized carbons (Fsp3) is 0.0800. The van der Waals surface area contributed by atoms with Gasteiger partial charge in [0.25, 0.3) is 0 Å². The normalized spacial score (nSPS) is 11.8. The Hall–Kier alpha value is -3.90. The summed E-state index contributed by atoms with van der Waals surface area (Å²) in [5.74, 6) is 1.53. The number of nitrogens with zero attached hydrogens (tertiary/aromatic N) is 4. The molecule has 0 fully saturated rings. The van der Waals surface area contributed by atoms with Crippen molar-refractivity contribution < 1.29 is 9.47 Å². The van der Waals surface area contributed by atoms with E-state index in [9.17, 15) is 0 Å². The van der Waals surface area contributed by atoms with E-state index >= 15 is 0 Å². The van der Waals surface area contributed by atoms with E-state index in [1.807, 2.05) is 60.0 Å². The zero-order valence-corrected chi connectivity index (χ0v) is 18.0. The highest BCUT2D eigenvalue weighted by molar-refractivity contribution is 6.31. The number of halogens is 1. The van der Waals surface area contributed by atoms with Crippen LogP contribution >= 0.6 is 11.6 Å². The van der Waals surface area contributed by atoms with Crippen molar-refractivity contribution in [3.05, 3.63) is 96.2 Å². The summed E-state index contributed by atoms with van der Waals surface area (Å²) in [6.07, 6.45) is 4.88. The minimum absolute atomic E-state index is 0.260. The van der Waals surface area contributed by atoms with Gasteiger partial charge in [-0.25, -0.2) is 14.5 Å². The second kappa shape index (κ2) is 8.69. The van der Waals surface area contributed by atoms with Crippen molar-refractivity contribution in [2.45, 2.75) is 6.92 Å². The minimum Gasteiger partial charge on any atom is -0.454 e. The molecule has 0 radical (unpaired) electrons. The van der Waals surface area contributed by atoms with E-state index in [0.717, 1.165) is 45.1 Å². The fourth-order valence-corrected chi connectivity index (χ4v) is 3.91. The number of rotatable bonds is 2. The molecule has 1 aliphatic rings. The Morgan fingerprint density at radius 3 is 2.34 bits per heavy atom. The number of hydrogen-bond acceptors (Lipinski definition) is 5. The third kappa shape index (κ3) is 3.88. The van der Waals surface area contributed by atoms with Gasteiger partial charge in [0.2, 0.25) is 6.79 Å². The van der Waals surface area contributed by atoms with Gasteiger partial charge in [0.1, 0.15) is 6.33 Å². The lowest BCUT2D eigenvalue weighted by molar-refractivity contribution is 0.174. The number of hydrogen-bond donors (Lipinski definition) is 0. The molecular formula is C25H19ClN4O2. The molecule has 1 aliphatic heterocycles. The minimum atomic E-state index is 0.260. The average molecular weight is 443 g/mol. The van der Waals surface area contributed by atoms with Crippen LogP contribution in [0.4, 0.5) is 0 Å². The van der Waals surface area contributed by atoms with Crippen LogP contribution in [0, 0.1) is 6.92 Å². The molecule has 0 saturated heterocycles. The molecule has 0 N–H and O–H groups in total. The van der Waals surface area contributed by atoms with Crippen LogP contribution in [-0.4, -0.2) is 26.4 Å². The molecule has 4 heterocycles. The van der Waals surface area contributed by atoms with Crippen LogP contribution in [0.15, 0.2) is 85.5 Å². The van der Waals surface area contributed by atoms with Crippen LogP contribution in [0.5, 0.6) is 11.5 Å². The molecular weight excluding hydrogens is 424 g/mol. The maximum atomic E-state index is 6.45. The topological polar surface area (TPSA) is 61.5 Å². The van der Waals surface area contributed by atoms with Gasteiger partial charge in [0.05, 0.1) is 16.9 Å². The van der Waals surface area contributed by atoms with E-state index in [1.54, 1.807) is 18.5 Å². The first-order valence-electron chi connectivity index (χ1n) is 10.0. The van der Waals surface area contributed by atoms with Crippen LogP contribution < -0.4 is 9.47 Å². The highest BCUT2D eigenvalue weighted by atomic mass is 35.5. The molecule has 2 aromatic carbocycles. The Morgan fingerprint density at radius 1 is 0.844 bits per heavy atom. The van der Waals surface area contributed by atoms with Crippen molar-refractivity contribution in [3.8, 4) is 33.9 Å². The van der Waals surface area contributed by atoms with Gasteiger partial charge in [-0.1, -0.05) is 48.0 Å². The molecule has 5 aromatic rings. The molecule has 0 unspecified atom stereocenters. The summed E-state index contributed by atoms with van der Waals surface area (Å²) in [6, 6.07) is 21.8. The van der Waals surface area contributed by atoms with Gasteiger partial charge < -0.3 is 9.47 Å². The van der Waals surface area contributed by atoms with Crippen LogP contribution in [0.1, 0.15) is 5.69 Å². The van der Waals surface area contributed by atoms with Crippen molar-refractivity contribution in [3.63, 3.8) is 0 Å². The maximum Gasteiger partial charge on any atom is 0.231 e. The smallest absolute Gasteiger partial charge is 0.231 e. The third-order valence-corrected chi connectivity index (χ3v) is 5.30. The zero-order valence-electron chi connectivity index (χ0n) is 17.3. The number of ether oxygens (including phenoxy) is 2. The van der Waals surface area contributed by atoms with Crippen molar-refractivity contribution in [1.82, 2.24) is 19.6 Å². The largest absolute Gasteiger partial charge is 0.454 e. The van der Waals surface area contributed by atoms with Gasteiger partial charge >= 0.3 is 0 Å². The highest BCUT2D eigenvalue weighted by Crippen LogP contribution is 2.39. The molecule has 0 atom stereocenters. The van der Waals surface area contributed by atoms with E-state index < -0.39 is 0 Å². The Kier molecular flexibility index (Phi) is 5.44. The summed E-state index contributed by atoms with van der Waals surface area (Å²) in [7, 11) is 0. The zero-order chi connectivity index (χ0) is 21.9. The third-order valence-electron chi connectivity index (χ3n) is 5.08. The van der Waals surface area contributed by atoms with Gasteiger partial charge in [-0.15, -0.1) is 0 Å². The molecule has 0 saturated carbocycles. The lowest BCUT2D eigenvalue weighted by atomic mass is 10.0. The second-order valence-electron chi connectivity index (χ2n) is 7.15. The average Bonchev–Trinajstić information content (AvgIpc) is 3.43. The van der Waals surface area contributed by atoms with Gasteiger partial charge in [-0.05, 0) is 42.8 Å². The maximum absolute atomic E-state index is 6.45. The molecule has 0 bridgehead atoms. The monoisotopic (exact) mass is 442 g/mol. The predicted molar refractivity (Wildman–Crippen MR) is 124 cm³/mol. The number of fused-ring (bicyclic) bond motifs is 2. The molecule has 3 aromatic heterocycles. The Bertz CT molecular complexity index is 1340. The number of aryl methyl sites for hydroxylation is 1. The number of pyridine rings is 1. The second-order valence-corrected chi connectivity index (χ2v) is 7.59. The molecule has 6 nitrogen and oxygen atoms in total.